The average Bonchev–Trinajstić information content (AvgIpc) is 3.27. The molecule has 0 amide bonds. The van der Waals surface area contributed by atoms with Crippen LogP contribution in [0.3, 0.4) is 0 Å². The zero-order chi connectivity index (χ0) is 20.9. The van der Waals surface area contributed by atoms with Crippen molar-refractivity contribution in [1.29, 1.82) is 0 Å². The lowest BCUT2D eigenvalue weighted by molar-refractivity contribution is -0.915. The van der Waals surface area contributed by atoms with Gasteiger partial charge in [-0.2, -0.15) is 0 Å². The Morgan fingerprint density at radius 1 is 1.03 bits per heavy atom. The summed E-state index contributed by atoms with van der Waals surface area (Å²) in [5.74, 6) is 3.83. The first-order valence-electron chi connectivity index (χ1n) is 9.89. The lowest BCUT2D eigenvalue weighted by atomic mass is 10.2. The number of nitrogens with one attached hydrogen (secondary N) is 2. The Kier molecular flexibility index (Phi) is 5.99. The molecule has 0 unspecified atom stereocenters. The summed E-state index contributed by atoms with van der Waals surface area (Å²) >= 11 is 0. The van der Waals surface area contributed by atoms with Gasteiger partial charge < -0.3 is 23.5 Å². The number of pyridine rings is 1. The fraction of sp³-hybridized carbons (Fsp3) is 0.381. The molecule has 0 aliphatic carbocycles. The van der Waals surface area contributed by atoms with E-state index in [1.54, 1.807) is 33.5 Å². The molecule has 0 radical (unpaired) electrons. The molecule has 2 aromatic heterocycles. The molecule has 2 N–H and O–H groups in total. The third-order valence-corrected chi connectivity index (χ3v) is 5.28. The highest BCUT2D eigenvalue weighted by Gasteiger charge is 2.27. The van der Waals surface area contributed by atoms with Crippen molar-refractivity contribution < 1.29 is 28.5 Å². The number of nitrogens with zero attached hydrogens (tertiary/aromatic N) is 3. The molecule has 30 heavy (non-hydrogen) atoms. The van der Waals surface area contributed by atoms with Crippen molar-refractivity contribution >= 4 is 5.82 Å². The molecular weight excluding hydrogens is 386 g/mol. The molecule has 1 saturated heterocycles. The normalized spacial score (nSPS) is 14.6. The minimum atomic E-state index is 0.432. The fourth-order valence-electron chi connectivity index (χ4n) is 3.68. The van der Waals surface area contributed by atoms with Crippen molar-refractivity contribution in [2.24, 2.45) is 0 Å². The summed E-state index contributed by atoms with van der Waals surface area (Å²) < 4.78 is 22.1. The summed E-state index contributed by atoms with van der Waals surface area (Å²) in [5.41, 5.74) is 0.725. The van der Waals surface area contributed by atoms with Gasteiger partial charge in [-0.25, -0.2) is 4.98 Å². The first kappa shape index (κ1) is 20.0. The van der Waals surface area contributed by atoms with Gasteiger partial charge in [-0.3, -0.25) is 4.90 Å². The molecule has 4 rings (SSSR count). The number of benzene rings is 1. The van der Waals surface area contributed by atoms with Gasteiger partial charge in [0.05, 0.1) is 27.5 Å². The van der Waals surface area contributed by atoms with E-state index < -0.39 is 0 Å². The van der Waals surface area contributed by atoms with Crippen LogP contribution in [0.5, 0.6) is 17.2 Å². The summed E-state index contributed by atoms with van der Waals surface area (Å²) in [6.45, 7) is 4.66. The number of ether oxygens (including phenoxy) is 3. The van der Waals surface area contributed by atoms with E-state index in [9.17, 15) is 0 Å². The minimum absolute atomic E-state index is 0.432. The molecule has 3 heterocycles. The molecule has 0 spiro atoms. The summed E-state index contributed by atoms with van der Waals surface area (Å²) in [6, 6.07) is 9.76. The Balaban J connectivity index is 1.43. The zero-order valence-electron chi connectivity index (χ0n) is 17.5. The van der Waals surface area contributed by atoms with Gasteiger partial charge in [0, 0.05) is 11.6 Å². The Hall–Kier alpha value is -3.33. The second-order valence-corrected chi connectivity index (χ2v) is 7.08. The number of H-pyrrole nitrogens is 1. The van der Waals surface area contributed by atoms with E-state index >= 15 is 0 Å². The lowest BCUT2D eigenvalue weighted by Gasteiger charge is -2.27. The van der Waals surface area contributed by atoms with Gasteiger partial charge in [0.2, 0.25) is 11.6 Å². The SMILES string of the molecule is COc1cc(-c2nnc(C[NH+]3CCN(c4cccc[nH+]4)CC3)o2)cc(OC)c1OC. The van der Waals surface area contributed by atoms with E-state index in [2.05, 4.69) is 26.1 Å². The summed E-state index contributed by atoms with van der Waals surface area (Å²) in [5, 5.41) is 8.47. The van der Waals surface area contributed by atoms with Gasteiger partial charge in [-0.1, -0.05) is 6.07 Å². The number of piperazine rings is 1. The fourth-order valence-corrected chi connectivity index (χ4v) is 3.68. The van der Waals surface area contributed by atoms with Crippen LogP contribution in [-0.2, 0) is 6.54 Å². The van der Waals surface area contributed by atoms with Crippen LogP contribution < -0.4 is 29.0 Å². The van der Waals surface area contributed by atoms with Crippen molar-refractivity contribution in [3.63, 3.8) is 0 Å². The molecule has 3 aromatic rings. The molecule has 0 bridgehead atoms. The van der Waals surface area contributed by atoms with Gasteiger partial charge in [0.25, 0.3) is 11.7 Å². The van der Waals surface area contributed by atoms with Gasteiger partial charge in [-0.15, -0.1) is 10.2 Å². The second-order valence-electron chi connectivity index (χ2n) is 7.08. The van der Waals surface area contributed by atoms with E-state index in [-0.39, 0.29) is 0 Å². The minimum Gasteiger partial charge on any atom is -0.493 e. The van der Waals surface area contributed by atoms with Crippen LogP contribution in [0.15, 0.2) is 40.9 Å². The standard InChI is InChI=1S/C21H25N5O4/c1-27-16-12-15(13-17(28-2)20(16)29-3)21-24-23-19(30-21)14-25-8-10-26(11-9-25)18-6-4-5-7-22-18/h4-7,12-13H,8-11,14H2,1-3H3/p+2. The van der Waals surface area contributed by atoms with E-state index in [1.807, 2.05) is 18.3 Å². The molecule has 1 aromatic carbocycles. The number of rotatable bonds is 7. The largest absolute Gasteiger partial charge is 0.493 e. The van der Waals surface area contributed by atoms with Crippen molar-refractivity contribution in [3.8, 4) is 28.7 Å². The molecule has 158 valence electrons. The van der Waals surface area contributed by atoms with Gasteiger partial charge in [0.15, 0.2) is 18.0 Å². The molecule has 9 heteroatoms. The zero-order valence-corrected chi connectivity index (χ0v) is 17.5. The van der Waals surface area contributed by atoms with Crippen LogP contribution in [0.2, 0.25) is 0 Å². The molecule has 9 nitrogen and oxygen atoms in total. The quantitative estimate of drug-likeness (QED) is 0.603. The third kappa shape index (κ3) is 4.16. The molecule has 0 saturated carbocycles. The first-order valence-corrected chi connectivity index (χ1v) is 9.89. The maximum absolute atomic E-state index is 5.94. The first-order chi connectivity index (χ1) is 14.7. The van der Waals surface area contributed by atoms with Crippen molar-refractivity contribution in [1.82, 2.24) is 10.2 Å². The van der Waals surface area contributed by atoms with E-state index in [0.717, 1.165) is 37.6 Å². The van der Waals surface area contributed by atoms with Gasteiger partial charge >= 0.3 is 0 Å². The number of methoxy groups -OCH3 is 3. The van der Waals surface area contributed by atoms with Crippen LogP contribution >= 0.6 is 0 Å². The maximum atomic E-state index is 5.94. The van der Waals surface area contributed by atoms with E-state index in [4.69, 9.17) is 18.6 Å². The summed E-state index contributed by atoms with van der Waals surface area (Å²) in [6.07, 6.45) is 1.96. The average molecular weight is 413 g/mol. The highest BCUT2D eigenvalue weighted by molar-refractivity contribution is 5.65. The van der Waals surface area contributed by atoms with Crippen LogP contribution in [0.4, 0.5) is 5.82 Å². The highest BCUT2D eigenvalue weighted by Crippen LogP contribution is 2.40. The number of aromatic amines is 1. The van der Waals surface area contributed by atoms with Gasteiger partial charge in [-0.05, 0) is 18.2 Å². The smallest absolute Gasteiger partial charge is 0.274 e. The highest BCUT2D eigenvalue weighted by atomic mass is 16.5. The molecule has 1 fully saturated rings. The number of hydrogen-bond donors (Lipinski definition) is 1. The lowest BCUT2D eigenvalue weighted by Crippen LogP contribution is -3.13. The number of quaternary nitrogens is 1. The maximum Gasteiger partial charge on any atom is 0.274 e. The van der Waals surface area contributed by atoms with E-state index in [0.29, 0.717) is 35.6 Å². The van der Waals surface area contributed by atoms with E-state index in [1.165, 1.54) is 4.90 Å². The molecular formula is C21H27N5O4+2. The van der Waals surface area contributed by atoms with Crippen molar-refractivity contribution in [2.75, 3.05) is 52.4 Å². The third-order valence-electron chi connectivity index (χ3n) is 5.28. The Morgan fingerprint density at radius 2 is 1.77 bits per heavy atom. The van der Waals surface area contributed by atoms with Crippen LogP contribution in [0.25, 0.3) is 11.5 Å². The Bertz CT molecular complexity index is 946. The Labute approximate surface area is 175 Å². The van der Waals surface area contributed by atoms with Gasteiger partial charge in [0.1, 0.15) is 26.2 Å². The topological polar surface area (TPSA) is 88.4 Å². The van der Waals surface area contributed by atoms with Crippen LogP contribution in [0.1, 0.15) is 5.89 Å². The second kappa shape index (κ2) is 9.00. The number of anilines is 1. The van der Waals surface area contributed by atoms with Crippen molar-refractivity contribution in [3.05, 3.63) is 42.4 Å². The monoisotopic (exact) mass is 413 g/mol. The predicted octanol–water partition coefficient (Wildman–Crippen LogP) is 0.482. The van der Waals surface area contributed by atoms with Crippen LogP contribution in [0, 0.1) is 0 Å². The summed E-state index contributed by atoms with van der Waals surface area (Å²) in [4.78, 5) is 7.08. The molecule has 0 atom stereocenters. The summed E-state index contributed by atoms with van der Waals surface area (Å²) in [7, 11) is 4.73. The number of hydrogen-bond acceptors (Lipinski definition) is 7. The number of aromatic nitrogens is 3. The van der Waals surface area contributed by atoms with Crippen LogP contribution in [-0.4, -0.2) is 57.7 Å². The molecule has 1 aliphatic heterocycles. The van der Waals surface area contributed by atoms with Crippen molar-refractivity contribution in [2.45, 2.75) is 6.54 Å². The Morgan fingerprint density at radius 3 is 2.37 bits per heavy atom. The predicted molar refractivity (Wildman–Crippen MR) is 109 cm³/mol. The molecule has 1 aliphatic rings.